The minimum atomic E-state index is 0.447. The fraction of sp³-hybridized carbons (Fsp3) is 0.417. The zero-order valence-electron chi connectivity index (χ0n) is 9.24. The van der Waals surface area contributed by atoms with Gasteiger partial charge in [-0.15, -0.1) is 11.6 Å². The van der Waals surface area contributed by atoms with Crippen molar-refractivity contribution in [3.05, 3.63) is 24.3 Å². The highest BCUT2D eigenvalue weighted by atomic mass is 35.5. The Morgan fingerprint density at radius 3 is 3.06 bits per heavy atom. The number of nitrogens with one attached hydrogen (secondary N) is 1. The second-order valence-corrected chi connectivity index (χ2v) is 5.06. The van der Waals surface area contributed by atoms with Crippen LogP contribution in [0.4, 0.5) is 5.00 Å². The number of alkyl halides is 1. The summed E-state index contributed by atoms with van der Waals surface area (Å²) in [4.78, 5) is 0. The second-order valence-electron chi connectivity index (χ2n) is 3.91. The van der Waals surface area contributed by atoms with Crippen molar-refractivity contribution in [1.82, 2.24) is 4.37 Å². The average molecular weight is 255 g/mol. The molecule has 1 unspecified atom stereocenters. The monoisotopic (exact) mass is 254 g/mol. The van der Waals surface area contributed by atoms with E-state index in [9.17, 15) is 0 Å². The third-order valence-corrected chi connectivity index (χ3v) is 3.61. The Morgan fingerprint density at radius 1 is 1.44 bits per heavy atom. The van der Waals surface area contributed by atoms with Gasteiger partial charge in [0.15, 0.2) is 0 Å². The maximum Gasteiger partial charge on any atom is 0.117 e. The second kappa shape index (κ2) is 5.51. The van der Waals surface area contributed by atoms with Gasteiger partial charge in [0.1, 0.15) is 5.00 Å². The van der Waals surface area contributed by atoms with Gasteiger partial charge in [-0.1, -0.05) is 12.1 Å². The molecule has 2 aromatic rings. The van der Waals surface area contributed by atoms with Gasteiger partial charge in [-0.3, -0.25) is 0 Å². The Kier molecular flexibility index (Phi) is 4.02. The van der Waals surface area contributed by atoms with E-state index in [-0.39, 0.29) is 0 Å². The van der Waals surface area contributed by atoms with E-state index in [2.05, 4.69) is 22.7 Å². The van der Waals surface area contributed by atoms with Crippen molar-refractivity contribution in [2.45, 2.75) is 25.8 Å². The maximum atomic E-state index is 5.69. The molecule has 2 rings (SSSR count). The summed E-state index contributed by atoms with van der Waals surface area (Å²) in [5.74, 6) is 0.732. The predicted molar refractivity (Wildman–Crippen MR) is 72.7 cm³/mol. The predicted octanol–water partition coefficient (Wildman–Crippen LogP) is 4.12. The van der Waals surface area contributed by atoms with E-state index >= 15 is 0 Å². The molecule has 1 aromatic carbocycles. The van der Waals surface area contributed by atoms with Gasteiger partial charge in [-0.2, -0.15) is 4.37 Å². The lowest BCUT2D eigenvalue weighted by molar-refractivity contribution is 0.695. The summed E-state index contributed by atoms with van der Waals surface area (Å²) in [6, 6.07) is 8.66. The van der Waals surface area contributed by atoms with Gasteiger partial charge >= 0.3 is 0 Å². The van der Waals surface area contributed by atoms with Crippen molar-refractivity contribution >= 4 is 39.0 Å². The number of aromatic nitrogens is 1. The standard InChI is InChI=1S/C12H15ClN2S/c1-9(5-4-8-13)14-12-10-6-2-3-7-11(10)15-16-12/h2-3,6-7,9,14H,4-5,8H2,1H3. The van der Waals surface area contributed by atoms with Crippen LogP contribution in [0.5, 0.6) is 0 Å². The number of benzene rings is 1. The Labute approximate surface area is 105 Å². The van der Waals surface area contributed by atoms with Gasteiger partial charge in [0.25, 0.3) is 0 Å². The number of hydrogen-bond donors (Lipinski definition) is 1. The van der Waals surface area contributed by atoms with Gasteiger partial charge in [-0.25, -0.2) is 0 Å². The van der Waals surface area contributed by atoms with Crippen molar-refractivity contribution in [1.29, 1.82) is 0 Å². The van der Waals surface area contributed by atoms with E-state index in [0.717, 1.165) is 29.2 Å². The molecule has 86 valence electrons. The van der Waals surface area contributed by atoms with Crippen molar-refractivity contribution in [3.8, 4) is 0 Å². The Bertz CT molecular complexity index is 455. The highest BCUT2D eigenvalue weighted by molar-refractivity contribution is 7.11. The highest BCUT2D eigenvalue weighted by Crippen LogP contribution is 2.28. The van der Waals surface area contributed by atoms with Crippen LogP contribution in [-0.4, -0.2) is 16.3 Å². The topological polar surface area (TPSA) is 24.9 Å². The summed E-state index contributed by atoms with van der Waals surface area (Å²) >= 11 is 7.22. The Morgan fingerprint density at radius 2 is 2.25 bits per heavy atom. The minimum Gasteiger partial charge on any atom is -0.373 e. The maximum absolute atomic E-state index is 5.69. The number of halogens is 1. The third-order valence-electron chi connectivity index (χ3n) is 2.53. The van der Waals surface area contributed by atoms with Crippen molar-refractivity contribution in [2.24, 2.45) is 0 Å². The molecule has 0 aliphatic rings. The smallest absolute Gasteiger partial charge is 0.117 e. The quantitative estimate of drug-likeness (QED) is 0.812. The minimum absolute atomic E-state index is 0.447. The first kappa shape index (κ1) is 11.7. The summed E-state index contributed by atoms with van der Waals surface area (Å²) < 4.78 is 4.41. The van der Waals surface area contributed by atoms with E-state index in [4.69, 9.17) is 11.6 Å². The van der Waals surface area contributed by atoms with Crippen LogP contribution in [0.25, 0.3) is 10.9 Å². The number of nitrogens with zero attached hydrogens (tertiary/aromatic N) is 1. The summed E-state index contributed by atoms with van der Waals surface area (Å²) in [7, 11) is 0. The van der Waals surface area contributed by atoms with E-state index < -0.39 is 0 Å². The summed E-state index contributed by atoms with van der Waals surface area (Å²) in [6.45, 7) is 2.18. The average Bonchev–Trinajstić information content (AvgIpc) is 2.70. The fourth-order valence-electron chi connectivity index (χ4n) is 1.67. The summed E-state index contributed by atoms with van der Waals surface area (Å²) in [5, 5.41) is 5.87. The van der Waals surface area contributed by atoms with Crippen LogP contribution in [0.1, 0.15) is 19.8 Å². The first-order chi connectivity index (χ1) is 7.81. The lowest BCUT2D eigenvalue weighted by Gasteiger charge is -2.12. The molecule has 0 fully saturated rings. The zero-order chi connectivity index (χ0) is 11.4. The summed E-state index contributed by atoms with van der Waals surface area (Å²) in [6.07, 6.45) is 2.14. The van der Waals surface area contributed by atoms with Crippen LogP contribution in [0.15, 0.2) is 24.3 Å². The molecular weight excluding hydrogens is 240 g/mol. The van der Waals surface area contributed by atoms with Gasteiger partial charge < -0.3 is 5.32 Å². The molecule has 0 aliphatic heterocycles. The largest absolute Gasteiger partial charge is 0.373 e. The number of rotatable bonds is 5. The molecule has 0 amide bonds. The molecule has 1 aromatic heterocycles. The molecule has 1 N–H and O–H groups in total. The number of hydrogen-bond acceptors (Lipinski definition) is 3. The van der Waals surface area contributed by atoms with Crippen LogP contribution in [0.3, 0.4) is 0 Å². The zero-order valence-corrected chi connectivity index (χ0v) is 10.8. The molecular formula is C12H15ClN2S. The molecule has 1 heterocycles. The molecule has 4 heteroatoms. The molecule has 1 atom stereocenters. The van der Waals surface area contributed by atoms with E-state index in [0.29, 0.717) is 6.04 Å². The SMILES string of the molecule is CC(CCCCl)Nc1snc2ccccc12. The van der Waals surface area contributed by atoms with E-state index in [1.54, 1.807) is 0 Å². The number of anilines is 1. The van der Waals surface area contributed by atoms with Crippen LogP contribution in [-0.2, 0) is 0 Å². The molecule has 0 aliphatic carbocycles. The Balaban J connectivity index is 2.09. The fourth-order valence-corrected chi connectivity index (χ4v) is 2.70. The van der Waals surface area contributed by atoms with Gasteiger partial charge in [0, 0.05) is 17.3 Å². The summed E-state index contributed by atoms with van der Waals surface area (Å²) in [5.41, 5.74) is 1.07. The van der Waals surface area contributed by atoms with Crippen molar-refractivity contribution in [2.75, 3.05) is 11.2 Å². The van der Waals surface area contributed by atoms with Gasteiger partial charge in [-0.05, 0) is 43.4 Å². The first-order valence-electron chi connectivity index (χ1n) is 5.48. The van der Waals surface area contributed by atoms with Crippen LogP contribution in [0.2, 0.25) is 0 Å². The van der Waals surface area contributed by atoms with E-state index in [1.165, 1.54) is 16.9 Å². The first-order valence-corrected chi connectivity index (χ1v) is 6.79. The molecule has 0 spiro atoms. The van der Waals surface area contributed by atoms with Gasteiger partial charge in [0.2, 0.25) is 0 Å². The third kappa shape index (κ3) is 2.66. The Hall–Kier alpha value is -0.800. The lowest BCUT2D eigenvalue weighted by Crippen LogP contribution is -2.14. The lowest BCUT2D eigenvalue weighted by atomic mass is 10.2. The molecule has 0 bridgehead atoms. The van der Waals surface area contributed by atoms with Crippen LogP contribution < -0.4 is 5.32 Å². The van der Waals surface area contributed by atoms with Gasteiger partial charge in [0.05, 0.1) is 5.52 Å². The molecule has 0 saturated heterocycles. The number of fused-ring (bicyclic) bond motifs is 1. The highest BCUT2D eigenvalue weighted by Gasteiger charge is 2.07. The molecule has 2 nitrogen and oxygen atoms in total. The normalized spacial score (nSPS) is 12.9. The molecule has 16 heavy (non-hydrogen) atoms. The van der Waals surface area contributed by atoms with Crippen LogP contribution in [0, 0.1) is 0 Å². The van der Waals surface area contributed by atoms with Crippen LogP contribution >= 0.6 is 23.1 Å². The van der Waals surface area contributed by atoms with Crippen molar-refractivity contribution in [3.63, 3.8) is 0 Å². The molecule has 0 radical (unpaired) electrons. The molecule has 0 saturated carbocycles. The van der Waals surface area contributed by atoms with Crippen molar-refractivity contribution < 1.29 is 0 Å². The van der Waals surface area contributed by atoms with E-state index in [1.807, 2.05) is 18.2 Å².